The van der Waals surface area contributed by atoms with Crippen LogP contribution in [0.2, 0.25) is 0 Å². The molecular formula is C8H14O3. The summed E-state index contributed by atoms with van der Waals surface area (Å²) in [6, 6.07) is 0. The van der Waals surface area contributed by atoms with E-state index in [4.69, 9.17) is 9.47 Å². The molecule has 2 unspecified atom stereocenters. The Morgan fingerprint density at radius 2 is 2.27 bits per heavy atom. The number of hydrogen-bond donors (Lipinski definition) is 0. The molecule has 11 heavy (non-hydrogen) atoms. The van der Waals surface area contributed by atoms with E-state index < -0.39 is 0 Å². The van der Waals surface area contributed by atoms with Crippen LogP contribution in [-0.4, -0.2) is 18.4 Å². The first-order chi connectivity index (χ1) is 5.09. The Labute approximate surface area is 66.7 Å². The predicted octanol–water partition coefficient (Wildman–Crippen LogP) is 1.32. The smallest absolute Gasteiger partial charge is 0.308 e. The van der Waals surface area contributed by atoms with Crippen LogP contribution >= 0.6 is 0 Å². The van der Waals surface area contributed by atoms with Crippen molar-refractivity contribution in [3.8, 4) is 0 Å². The van der Waals surface area contributed by atoms with Crippen molar-refractivity contribution >= 4 is 5.97 Å². The molecule has 3 heteroatoms. The van der Waals surface area contributed by atoms with Gasteiger partial charge in [-0.15, -0.1) is 0 Å². The molecule has 0 spiro atoms. The molecule has 0 N–H and O–H groups in total. The standard InChI is InChI=1S/C8H14O3/c1-5(2)10-8-6(3)4-7(9)11-8/h5-6,8H,4H2,1-3H3. The predicted molar refractivity (Wildman–Crippen MR) is 39.9 cm³/mol. The fraction of sp³-hybridized carbons (Fsp3) is 0.875. The second-order valence-electron chi connectivity index (χ2n) is 3.22. The molecule has 1 saturated heterocycles. The molecule has 0 aromatic rings. The minimum absolute atomic E-state index is 0.119. The van der Waals surface area contributed by atoms with Gasteiger partial charge in [0.25, 0.3) is 0 Å². The Balaban J connectivity index is 2.40. The van der Waals surface area contributed by atoms with Crippen molar-refractivity contribution in [3.05, 3.63) is 0 Å². The summed E-state index contributed by atoms with van der Waals surface area (Å²) < 4.78 is 10.3. The quantitative estimate of drug-likeness (QED) is 0.568. The molecule has 1 aliphatic rings. The average Bonchev–Trinajstić information content (AvgIpc) is 2.09. The van der Waals surface area contributed by atoms with Gasteiger partial charge in [-0.1, -0.05) is 6.92 Å². The molecule has 0 aliphatic carbocycles. The van der Waals surface area contributed by atoms with E-state index in [1.807, 2.05) is 20.8 Å². The molecule has 1 fully saturated rings. The lowest BCUT2D eigenvalue weighted by atomic mass is 10.1. The number of cyclic esters (lactones) is 1. The lowest BCUT2D eigenvalue weighted by Crippen LogP contribution is -2.21. The van der Waals surface area contributed by atoms with Crippen molar-refractivity contribution in [2.24, 2.45) is 5.92 Å². The van der Waals surface area contributed by atoms with Gasteiger partial charge in [0.15, 0.2) is 0 Å². The van der Waals surface area contributed by atoms with Gasteiger partial charge in [0, 0.05) is 5.92 Å². The Hall–Kier alpha value is -0.570. The molecule has 0 amide bonds. The minimum atomic E-state index is -0.317. The maximum Gasteiger partial charge on any atom is 0.308 e. The number of ether oxygens (including phenoxy) is 2. The fourth-order valence-corrected chi connectivity index (χ4v) is 1.08. The third-order valence-corrected chi connectivity index (χ3v) is 1.61. The van der Waals surface area contributed by atoms with E-state index in [1.165, 1.54) is 0 Å². The Morgan fingerprint density at radius 1 is 1.64 bits per heavy atom. The van der Waals surface area contributed by atoms with Crippen LogP contribution in [0, 0.1) is 5.92 Å². The second kappa shape index (κ2) is 3.22. The van der Waals surface area contributed by atoms with E-state index in [2.05, 4.69) is 0 Å². The Bertz CT molecular complexity index is 153. The van der Waals surface area contributed by atoms with Crippen molar-refractivity contribution in [3.63, 3.8) is 0 Å². The maximum absolute atomic E-state index is 10.7. The third kappa shape index (κ3) is 2.19. The largest absolute Gasteiger partial charge is 0.435 e. The van der Waals surface area contributed by atoms with Crippen LogP contribution in [0.15, 0.2) is 0 Å². The van der Waals surface area contributed by atoms with Gasteiger partial charge in [-0.05, 0) is 13.8 Å². The number of rotatable bonds is 2. The summed E-state index contributed by atoms with van der Waals surface area (Å²) in [6.45, 7) is 5.82. The summed E-state index contributed by atoms with van der Waals surface area (Å²) in [5, 5.41) is 0. The third-order valence-electron chi connectivity index (χ3n) is 1.61. The molecule has 64 valence electrons. The van der Waals surface area contributed by atoms with Crippen molar-refractivity contribution in [1.82, 2.24) is 0 Å². The Kier molecular flexibility index (Phi) is 2.49. The Morgan fingerprint density at radius 3 is 2.64 bits per heavy atom. The van der Waals surface area contributed by atoms with Gasteiger partial charge >= 0.3 is 5.97 Å². The van der Waals surface area contributed by atoms with Gasteiger partial charge in [-0.25, -0.2) is 0 Å². The molecule has 0 bridgehead atoms. The summed E-state index contributed by atoms with van der Waals surface area (Å²) in [7, 11) is 0. The molecule has 1 heterocycles. The second-order valence-corrected chi connectivity index (χ2v) is 3.22. The zero-order valence-corrected chi connectivity index (χ0v) is 7.16. The lowest BCUT2D eigenvalue weighted by Gasteiger charge is -2.16. The molecular weight excluding hydrogens is 144 g/mol. The molecule has 0 saturated carbocycles. The summed E-state index contributed by atoms with van der Waals surface area (Å²) in [5.41, 5.74) is 0. The maximum atomic E-state index is 10.7. The van der Waals surface area contributed by atoms with E-state index in [-0.39, 0.29) is 24.3 Å². The minimum Gasteiger partial charge on any atom is -0.435 e. The van der Waals surface area contributed by atoms with E-state index in [0.29, 0.717) is 6.42 Å². The SMILES string of the molecule is CC(C)OC1OC(=O)CC1C. The first kappa shape index (κ1) is 8.53. The number of esters is 1. The normalized spacial score (nSPS) is 31.1. The van der Waals surface area contributed by atoms with Crippen LogP contribution < -0.4 is 0 Å². The highest BCUT2D eigenvalue weighted by Gasteiger charge is 2.32. The molecule has 2 atom stereocenters. The van der Waals surface area contributed by atoms with Gasteiger partial charge in [0.05, 0.1) is 12.5 Å². The van der Waals surface area contributed by atoms with Crippen LogP contribution in [0.4, 0.5) is 0 Å². The van der Waals surface area contributed by atoms with Crippen LogP contribution in [-0.2, 0) is 14.3 Å². The molecule has 3 nitrogen and oxygen atoms in total. The van der Waals surface area contributed by atoms with Crippen molar-refractivity contribution in [2.45, 2.75) is 39.6 Å². The van der Waals surface area contributed by atoms with Crippen LogP contribution in [0.3, 0.4) is 0 Å². The molecule has 1 rings (SSSR count). The van der Waals surface area contributed by atoms with Crippen LogP contribution in [0.25, 0.3) is 0 Å². The van der Waals surface area contributed by atoms with Gasteiger partial charge in [0.2, 0.25) is 6.29 Å². The average molecular weight is 158 g/mol. The van der Waals surface area contributed by atoms with Crippen LogP contribution in [0.5, 0.6) is 0 Å². The van der Waals surface area contributed by atoms with Crippen molar-refractivity contribution in [1.29, 1.82) is 0 Å². The summed E-state index contributed by atoms with van der Waals surface area (Å²) in [5.74, 6) is 0.0491. The van der Waals surface area contributed by atoms with Crippen molar-refractivity contribution in [2.75, 3.05) is 0 Å². The monoisotopic (exact) mass is 158 g/mol. The van der Waals surface area contributed by atoms with E-state index in [9.17, 15) is 4.79 Å². The molecule has 1 aliphatic heterocycles. The molecule has 0 aromatic carbocycles. The molecule has 0 aromatic heterocycles. The zero-order valence-electron chi connectivity index (χ0n) is 7.16. The van der Waals surface area contributed by atoms with Gasteiger partial charge in [-0.3, -0.25) is 4.79 Å². The summed E-state index contributed by atoms with van der Waals surface area (Å²) in [6.07, 6.45) is 0.285. The summed E-state index contributed by atoms with van der Waals surface area (Å²) in [4.78, 5) is 10.7. The van der Waals surface area contributed by atoms with E-state index in [1.54, 1.807) is 0 Å². The highest BCUT2D eigenvalue weighted by molar-refractivity contribution is 5.71. The van der Waals surface area contributed by atoms with Crippen molar-refractivity contribution < 1.29 is 14.3 Å². The van der Waals surface area contributed by atoms with Crippen LogP contribution in [0.1, 0.15) is 27.2 Å². The molecule has 0 radical (unpaired) electrons. The van der Waals surface area contributed by atoms with E-state index >= 15 is 0 Å². The first-order valence-electron chi connectivity index (χ1n) is 3.94. The number of carbonyl (C=O) groups is 1. The number of carbonyl (C=O) groups excluding carboxylic acids is 1. The fourth-order valence-electron chi connectivity index (χ4n) is 1.08. The highest BCUT2D eigenvalue weighted by Crippen LogP contribution is 2.23. The van der Waals surface area contributed by atoms with Gasteiger partial charge < -0.3 is 9.47 Å². The number of hydrogen-bond acceptors (Lipinski definition) is 3. The zero-order chi connectivity index (χ0) is 8.43. The van der Waals surface area contributed by atoms with Gasteiger partial charge in [-0.2, -0.15) is 0 Å². The topological polar surface area (TPSA) is 35.5 Å². The van der Waals surface area contributed by atoms with E-state index in [0.717, 1.165) is 0 Å². The highest BCUT2D eigenvalue weighted by atomic mass is 16.7. The summed E-state index contributed by atoms with van der Waals surface area (Å²) >= 11 is 0. The van der Waals surface area contributed by atoms with Gasteiger partial charge in [0.1, 0.15) is 0 Å². The lowest BCUT2D eigenvalue weighted by molar-refractivity contribution is -0.174. The first-order valence-corrected chi connectivity index (χ1v) is 3.94.